The lowest BCUT2D eigenvalue weighted by molar-refractivity contribution is -0.187. The van der Waals surface area contributed by atoms with Gasteiger partial charge in [0.2, 0.25) is 5.91 Å². The maximum Gasteiger partial charge on any atom is 0.393 e. The van der Waals surface area contributed by atoms with Gasteiger partial charge in [0.1, 0.15) is 5.71 Å². The average Bonchev–Trinajstić information content (AvgIpc) is 2.94. The van der Waals surface area contributed by atoms with Gasteiger partial charge in [0, 0.05) is 25.9 Å². The van der Waals surface area contributed by atoms with Crippen LogP contribution in [0.2, 0.25) is 0 Å². The summed E-state index contributed by atoms with van der Waals surface area (Å²) in [4.78, 5) is 25.8. The molecule has 3 aliphatic rings. The number of carbonyl (C=O) groups excluding carboxylic acids is 2. The summed E-state index contributed by atoms with van der Waals surface area (Å²) in [6, 6.07) is -0.611. The molecule has 3 heterocycles. The minimum Gasteiger partial charge on any atom is -0.337 e. The second-order valence-corrected chi connectivity index (χ2v) is 9.20. The molecule has 0 aromatic carbocycles. The van der Waals surface area contributed by atoms with Crippen LogP contribution in [0, 0.1) is 5.92 Å². The third-order valence-electron chi connectivity index (χ3n) is 5.03. The van der Waals surface area contributed by atoms with Crippen molar-refractivity contribution in [2.75, 3.05) is 24.6 Å². The molecule has 0 aliphatic carbocycles. The fourth-order valence-corrected chi connectivity index (χ4v) is 5.28. The van der Waals surface area contributed by atoms with Crippen molar-refractivity contribution < 1.29 is 31.2 Å². The van der Waals surface area contributed by atoms with Gasteiger partial charge >= 0.3 is 6.18 Å². The first-order chi connectivity index (χ1) is 12.1. The van der Waals surface area contributed by atoms with Crippen molar-refractivity contribution in [3.05, 3.63) is 0 Å². The maximum absolute atomic E-state index is 12.9. The largest absolute Gasteiger partial charge is 0.393 e. The summed E-state index contributed by atoms with van der Waals surface area (Å²) >= 11 is 0. The van der Waals surface area contributed by atoms with Crippen LogP contribution in [0.5, 0.6) is 0 Å². The van der Waals surface area contributed by atoms with Gasteiger partial charge in [0.05, 0.1) is 23.5 Å². The van der Waals surface area contributed by atoms with Crippen LogP contribution >= 0.6 is 0 Å². The molecule has 0 spiro atoms. The number of sulfone groups is 1. The highest BCUT2D eigenvalue weighted by atomic mass is 32.2. The van der Waals surface area contributed by atoms with Gasteiger partial charge in [0.15, 0.2) is 9.84 Å². The molecule has 2 amide bonds. The molecule has 0 radical (unpaired) electrons. The van der Waals surface area contributed by atoms with Gasteiger partial charge in [-0.2, -0.15) is 18.3 Å². The molecule has 7 nitrogen and oxygen atoms in total. The summed E-state index contributed by atoms with van der Waals surface area (Å²) in [7, 11) is -3.23. The Hall–Kier alpha value is -1.65. The lowest BCUT2D eigenvalue weighted by Gasteiger charge is -2.35. The van der Waals surface area contributed by atoms with E-state index in [9.17, 15) is 31.2 Å². The summed E-state index contributed by atoms with van der Waals surface area (Å²) in [6.45, 7) is -0.191. The molecule has 2 unspecified atom stereocenters. The topological polar surface area (TPSA) is 87.1 Å². The van der Waals surface area contributed by atoms with Crippen LogP contribution < -0.4 is 0 Å². The smallest absolute Gasteiger partial charge is 0.337 e. The van der Waals surface area contributed by atoms with E-state index in [0.717, 1.165) is 9.91 Å². The molecule has 0 saturated carbocycles. The van der Waals surface area contributed by atoms with Gasteiger partial charge in [-0.15, -0.1) is 0 Å². The summed E-state index contributed by atoms with van der Waals surface area (Å²) < 4.78 is 62.0. The van der Waals surface area contributed by atoms with Crippen LogP contribution in [0.25, 0.3) is 0 Å². The standard InChI is InChI=1S/C15H20F3N3O4S/c16-15(17,18)10-2-1-6-20(8-10)14(23)12-3-4-13(22)21(19-12)11-5-7-26(24,25)9-11/h10-11H,1-9H2. The predicted molar refractivity (Wildman–Crippen MR) is 85.9 cm³/mol. The van der Waals surface area contributed by atoms with Crippen molar-refractivity contribution in [3.8, 4) is 0 Å². The molecule has 3 aliphatic heterocycles. The highest BCUT2D eigenvalue weighted by Crippen LogP contribution is 2.33. The van der Waals surface area contributed by atoms with Crippen molar-refractivity contribution in [1.29, 1.82) is 0 Å². The zero-order valence-corrected chi connectivity index (χ0v) is 14.9. The number of hydrogen-bond donors (Lipinski definition) is 0. The number of hydrazone groups is 1. The van der Waals surface area contributed by atoms with E-state index in [-0.39, 0.29) is 61.8 Å². The molecule has 0 bridgehead atoms. The van der Waals surface area contributed by atoms with Crippen LogP contribution in [0.1, 0.15) is 32.1 Å². The Balaban J connectivity index is 1.74. The molecule has 2 saturated heterocycles. The summed E-state index contributed by atoms with van der Waals surface area (Å²) in [5, 5.41) is 5.08. The predicted octanol–water partition coefficient (Wildman–Crippen LogP) is 0.953. The quantitative estimate of drug-likeness (QED) is 0.697. The molecule has 11 heteroatoms. The lowest BCUT2D eigenvalue weighted by atomic mass is 9.96. The van der Waals surface area contributed by atoms with E-state index in [1.54, 1.807) is 0 Å². The highest BCUT2D eigenvalue weighted by molar-refractivity contribution is 7.91. The molecule has 0 aromatic rings. The van der Waals surface area contributed by atoms with Crippen molar-refractivity contribution in [2.45, 2.75) is 44.3 Å². The maximum atomic E-state index is 12.9. The first-order valence-electron chi connectivity index (χ1n) is 8.53. The van der Waals surface area contributed by atoms with Gasteiger partial charge < -0.3 is 4.90 Å². The molecule has 2 atom stereocenters. The number of carbonyl (C=O) groups is 2. The Kier molecular flexibility index (Phi) is 5.02. The Morgan fingerprint density at radius 3 is 2.54 bits per heavy atom. The number of nitrogens with zero attached hydrogens (tertiary/aromatic N) is 3. The molecule has 146 valence electrons. The zero-order chi connectivity index (χ0) is 19.1. The molecule has 0 N–H and O–H groups in total. The Labute approximate surface area is 149 Å². The zero-order valence-electron chi connectivity index (χ0n) is 14.0. The first kappa shape index (κ1) is 19.1. The van der Waals surface area contributed by atoms with Crippen LogP contribution in [0.4, 0.5) is 13.2 Å². The van der Waals surface area contributed by atoms with E-state index < -0.39 is 40.4 Å². The second-order valence-electron chi connectivity index (χ2n) is 6.97. The van der Waals surface area contributed by atoms with Gasteiger partial charge in [0.25, 0.3) is 5.91 Å². The average molecular weight is 395 g/mol. The van der Waals surface area contributed by atoms with Gasteiger partial charge in [-0.05, 0) is 19.3 Å². The summed E-state index contributed by atoms with van der Waals surface area (Å²) in [5.74, 6) is -2.77. The molecular formula is C15H20F3N3O4S. The van der Waals surface area contributed by atoms with E-state index in [1.165, 1.54) is 0 Å². The van der Waals surface area contributed by atoms with E-state index in [1.807, 2.05) is 0 Å². The van der Waals surface area contributed by atoms with E-state index in [0.29, 0.717) is 0 Å². The third kappa shape index (κ3) is 4.02. The minimum atomic E-state index is -4.35. The Morgan fingerprint density at radius 2 is 1.92 bits per heavy atom. The molecule has 0 aromatic heterocycles. The number of alkyl halides is 3. The van der Waals surface area contributed by atoms with Crippen molar-refractivity contribution in [2.24, 2.45) is 11.0 Å². The number of rotatable bonds is 2. The monoisotopic (exact) mass is 395 g/mol. The lowest BCUT2D eigenvalue weighted by Crippen LogP contribution is -2.49. The first-order valence-corrected chi connectivity index (χ1v) is 10.3. The number of amides is 2. The fourth-order valence-electron chi connectivity index (χ4n) is 3.59. The van der Waals surface area contributed by atoms with Crippen LogP contribution in [0.3, 0.4) is 0 Å². The van der Waals surface area contributed by atoms with Crippen LogP contribution in [-0.4, -0.2) is 72.7 Å². The van der Waals surface area contributed by atoms with Crippen LogP contribution in [-0.2, 0) is 19.4 Å². The molecule has 3 rings (SSSR count). The highest BCUT2D eigenvalue weighted by Gasteiger charge is 2.44. The van der Waals surface area contributed by atoms with E-state index in [4.69, 9.17) is 0 Å². The normalized spacial score (nSPS) is 29.7. The third-order valence-corrected chi connectivity index (χ3v) is 6.78. The number of hydrogen-bond acceptors (Lipinski definition) is 5. The minimum absolute atomic E-state index is 0.00232. The van der Waals surface area contributed by atoms with Crippen LogP contribution in [0.15, 0.2) is 5.10 Å². The molecule has 2 fully saturated rings. The van der Waals surface area contributed by atoms with E-state index >= 15 is 0 Å². The SMILES string of the molecule is O=C(C1=NN(C2CCS(=O)(=O)C2)C(=O)CC1)N1CCCC(C(F)(F)F)C1. The van der Waals surface area contributed by atoms with Gasteiger partial charge in [-0.1, -0.05) is 0 Å². The van der Waals surface area contributed by atoms with E-state index in [2.05, 4.69) is 5.10 Å². The molecular weight excluding hydrogens is 375 g/mol. The van der Waals surface area contributed by atoms with Crippen molar-refractivity contribution in [3.63, 3.8) is 0 Å². The number of piperidine rings is 1. The number of halogens is 3. The molecule has 26 heavy (non-hydrogen) atoms. The number of likely N-dealkylation sites (tertiary alicyclic amines) is 1. The second kappa shape index (κ2) is 6.82. The Bertz CT molecular complexity index is 735. The van der Waals surface area contributed by atoms with Gasteiger partial charge in [-0.3, -0.25) is 9.59 Å². The summed E-state index contributed by atoms with van der Waals surface area (Å²) in [5.41, 5.74) is 0.0247. The Morgan fingerprint density at radius 1 is 1.19 bits per heavy atom. The van der Waals surface area contributed by atoms with Crippen molar-refractivity contribution in [1.82, 2.24) is 9.91 Å². The summed E-state index contributed by atoms with van der Waals surface area (Å²) in [6.07, 6.45) is -3.80. The van der Waals surface area contributed by atoms with Gasteiger partial charge in [-0.25, -0.2) is 13.4 Å². The fraction of sp³-hybridized carbons (Fsp3) is 0.800. The van der Waals surface area contributed by atoms with Crippen molar-refractivity contribution >= 4 is 27.4 Å².